The van der Waals surface area contributed by atoms with Crippen molar-refractivity contribution in [1.29, 1.82) is 0 Å². The van der Waals surface area contributed by atoms with Crippen molar-refractivity contribution >= 4 is 16.9 Å². The van der Waals surface area contributed by atoms with Crippen LogP contribution in [0.25, 0.3) is 11.0 Å². The van der Waals surface area contributed by atoms with Crippen LogP contribution in [0.1, 0.15) is 36.5 Å². The van der Waals surface area contributed by atoms with Crippen LogP contribution < -0.4 is 5.32 Å². The first-order chi connectivity index (χ1) is 11.0. The molecule has 1 aromatic heterocycles. The van der Waals surface area contributed by atoms with Crippen molar-refractivity contribution < 1.29 is 4.79 Å². The Morgan fingerprint density at radius 3 is 3.09 bits per heavy atom. The lowest BCUT2D eigenvalue weighted by molar-refractivity contribution is 0.0948. The van der Waals surface area contributed by atoms with E-state index >= 15 is 0 Å². The number of aryl methyl sites for hydroxylation is 1. The number of hydrogen-bond acceptors (Lipinski definition) is 3. The number of imidazole rings is 1. The van der Waals surface area contributed by atoms with Crippen LogP contribution in [0.3, 0.4) is 0 Å². The maximum atomic E-state index is 12.5. The average Bonchev–Trinajstić information content (AvgIpc) is 3.08. The standard InChI is InChI=1S/C18H26N4O/c1-12(2)10-22-8-7-14(11-22)9-19-18(23)15-5-4-6-16-17(15)21-13(3)20-16/h4-6,12,14H,7-11H2,1-3H3,(H,19,23)(H,20,21)/t14-/m0/s1. The van der Waals surface area contributed by atoms with Gasteiger partial charge in [0.05, 0.1) is 11.1 Å². The van der Waals surface area contributed by atoms with Crippen molar-refractivity contribution in [2.24, 2.45) is 11.8 Å². The van der Waals surface area contributed by atoms with Crippen molar-refractivity contribution in [2.75, 3.05) is 26.2 Å². The SMILES string of the molecule is Cc1nc2c(C(=O)NC[C@@H]3CCN(CC(C)C)C3)cccc2[nH]1. The molecule has 0 aliphatic carbocycles. The second-order valence-corrected chi connectivity index (χ2v) is 7.04. The highest BCUT2D eigenvalue weighted by atomic mass is 16.1. The predicted molar refractivity (Wildman–Crippen MR) is 92.5 cm³/mol. The van der Waals surface area contributed by atoms with Gasteiger partial charge in [0, 0.05) is 19.6 Å². The van der Waals surface area contributed by atoms with Gasteiger partial charge in [0.25, 0.3) is 5.91 Å². The predicted octanol–water partition coefficient (Wildman–Crippen LogP) is 2.58. The van der Waals surface area contributed by atoms with Crippen molar-refractivity contribution in [1.82, 2.24) is 20.2 Å². The number of carbonyl (C=O) groups is 1. The molecule has 0 bridgehead atoms. The fraction of sp³-hybridized carbons (Fsp3) is 0.556. The Hall–Kier alpha value is -1.88. The normalized spacial score (nSPS) is 18.9. The summed E-state index contributed by atoms with van der Waals surface area (Å²) in [6, 6.07) is 5.69. The highest BCUT2D eigenvalue weighted by molar-refractivity contribution is 6.04. The molecule has 2 heterocycles. The summed E-state index contributed by atoms with van der Waals surface area (Å²) in [6.07, 6.45) is 1.17. The number of carbonyl (C=O) groups excluding carboxylic acids is 1. The van der Waals surface area contributed by atoms with E-state index in [0.717, 1.165) is 43.0 Å². The van der Waals surface area contributed by atoms with E-state index in [9.17, 15) is 4.79 Å². The molecule has 1 aromatic carbocycles. The van der Waals surface area contributed by atoms with Gasteiger partial charge in [-0.2, -0.15) is 0 Å². The molecular weight excluding hydrogens is 288 g/mol. The number of H-pyrrole nitrogens is 1. The zero-order valence-electron chi connectivity index (χ0n) is 14.2. The summed E-state index contributed by atoms with van der Waals surface area (Å²) in [5, 5.41) is 3.10. The molecule has 5 heteroatoms. The molecule has 1 atom stereocenters. The Balaban J connectivity index is 1.59. The zero-order valence-corrected chi connectivity index (χ0v) is 14.2. The zero-order chi connectivity index (χ0) is 16.4. The van der Waals surface area contributed by atoms with Crippen LogP contribution in [-0.2, 0) is 0 Å². The number of nitrogens with zero attached hydrogens (tertiary/aromatic N) is 2. The molecule has 23 heavy (non-hydrogen) atoms. The molecule has 1 saturated heterocycles. The molecule has 1 amide bonds. The van der Waals surface area contributed by atoms with Gasteiger partial charge in [0.2, 0.25) is 0 Å². The van der Waals surface area contributed by atoms with Gasteiger partial charge < -0.3 is 15.2 Å². The number of rotatable bonds is 5. The van der Waals surface area contributed by atoms with Crippen molar-refractivity contribution in [3.63, 3.8) is 0 Å². The summed E-state index contributed by atoms with van der Waals surface area (Å²) < 4.78 is 0. The summed E-state index contributed by atoms with van der Waals surface area (Å²) in [5.74, 6) is 2.06. The summed E-state index contributed by atoms with van der Waals surface area (Å²) in [4.78, 5) is 22.6. The Morgan fingerprint density at radius 2 is 2.30 bits per heavy atom. The summed E-state index contributed by atoms with van der Waals surface area (Å²) in [7, 11) is 0. The number of nitrogens with one attached hydrogen (secondary N) is 2. The first-order valence-corrected chi connectivity index (χ1v) is 8.49. The topological polar surface area (TPSA) is 61.0 Å². The third kappa shape index (κ3) is 3.72. The van der Waals surface area contributed by atoms with Crippen LogP contribution in [-0.4, -0.2) is 47.0 Å². The molecule has 0 unspecified atom stereocenters. The third-order valence-corrected chi connectivity index (χ3v) is 4.42. The Kier molecular flexibility index (Phi) is 4.66. The van der Waals surface area contributed by atoms with E-state index in [1.807, 2.05) is 25.1 Å². The van der Waals surface area contributed by atoms with Crippen LogP contribution in [0.2, 0.25) is 0 Å². The molecule has 0 radical (unpaired) electrons. The number of likely N-dealkylation sites (tertiary alicyclic amines) is 1. The van der Waals surface area contributed by atoms with Crippen molar-refractivity contribution in [3.05, 3.63) is 29.6 Å². The molecule has 1 aliphatic heterocycles. The molecule has 2 N–H and O–H groups in total. The lowest BCUT2D eigenvalue weighted by atomic mass is 10.1. The number of aromatic nitrogens is 2. The third-order valence-electron chi connectivity index (χ3n) is 4.42. The Morgan fingerprint density at radius 1 is 1.48 bits per heavy atom. The number of amides is 1. The summed E-state index contributed by atoms with van der Waals surface area (Å²) in [5.41, 5.74) is 2.33. The second-order valence-electron chi connectivity index (χ2n) is 7.04. The molecule has 1 aliphatic rings. The van der Waals surface area contributed by atoms with Gasteiger partial charge in [-0.15, -0.1) is 0 Å². The van der Waals surface area contributed by atoms with Crippen molar-refractivity contribution in [2.45, 2.75) is 27.2 Å². The lowest BCUT2D eigenvalue weighted by Gasteiger charge is -2.18. The van der Waals surface area contributed by atoms with Crippen LogP contribution in [0.4, 0.5) is 0 Å². The first-order valence-electron chi connectivity index (χ1n) is 8.49. The maximum Gasteiger partial charge on any atom is 0.253 e. The molecule has 2 aromatic rings. The largest absolute Gasteiger partial charge is 0.352 e. The quantitative estimate of drug-likeness (QED) is 0.892. The smallest absolute Gasteiger partial charge is 0.253 e. The van der Waals surface area contributed by atoms with E-state index < -0.39 is 0 Å². The van der Waals surface area contributed by atoms with E-state index in [4.69, 9.17) is 0 Å². The summed E-state index contributed by atoms with van der Waals surface area (Å²) >= 11 is 0. The highest BCUT2D eigenvalue weighted by Gasteiger charge is 2.23. The van der Waals surface area contributed by atoms with Crippen LogP contribution in [0, 0.1) is 18.8 Å². The summed E-state index contributed by atoms with van der Waals surface area (Å²) in [6.45, 7) is 10.5. The minimum Gasteiger partial charge on any atom is -0.352 e. The van der Waals surface area contributed by atoms with Crippen molar-refractivity contribution in [3.8, 4) is 0 Å². The van der Waals surface area contributed by atoms with Crippen LogP contribution >= 0.6 is 0 Å². The minimum atomic E-state index is -0.0237. The number of fused-ring (bicyclic) bond motifs is 1. The fourth-order valence-electron chi connectivity index (χ4n) is 3.43. The second kappa shape index (κ2) is 6.71. The van der Waals surface area contributed by atoms with Gasteiger partial charge >= 0.3 is 0 Å². The van der Waals surface area contributed by atoms with Gasteiger partial charge in [0.15, 0.2) is 0 Å². The Bertz CT molecular complexity index is 691. The average molecular weight is 314 g/mol. The van der Waals surface area contributed by atoms with Gasteiger partial charge in [-0.05, 0) is 43.9 Å². The minimum absolute atomic E-state index is 0.0237. The fourth-order valence-corrected chi connectivity index (χ4v) is 3.43. The van der Waals surface area contributed by atoms with Crippen LogP contribution in [0.15, 0.2) is 18.2 Å². The lowest BCUT2D eigenvalue weighted by Crippen LogP contribution is -2.32. The first kappa shape index (κ1) is 16.0. The van der Waals surface area contributed by atoms with E-state index in [-0.39, 0.29) is 5.91 Å². The molecule has 0 spiro atoms. The number of para-hydroxylation sites is 1. The van der Waals surface area contributed by atoms with Gasteiger partial charge in [-0.3, -0.25) is 4.79 Å². The van der Waals surface area contributed by atoms with Gasteiger partial charge in [0.1, 0.15) is 11.3 Å². The monoisotopic (exact) mass is 314 g/mol. The van der Waals surface area contributed by atoms with Gasteiger partial charge in [-0.1, -0.05) is 19.9 Å². The van der Waals surface area contributed by atoms with E-state index in [1.54, 1.807) is 0 Å². The highest BCUT2D eigenvalue weighted by Crippen LogP contribution is 2.18. The van der Waals surface area contributed by atoms with E-state index in [2.05, 4.69) is 34.0 Å². The maximum absolute atomic E-state index is 12.5. The Labute approximate surface area is 137 Å². The number of benzene rings is 1. The van der Waals surface area contributed by atoms with E-state index in [1.165, 1.54) is 6.42 Å². The number of hydrogen-bond donors (Lipinski definition) is 2. The van der Waals surface area contributed by atoms with E-state index in [0.29, 0.717) is 17.4 Å². The van der Waals surface area contributed by atoms with Gasteiger partial charge in [-0.25, -0.2) is 4.98 Å². The molecule has 1 fully saturated rings. The molecular formula is C18H26N4O. The molecule has 5 nitrogen and oxygen atoms in total. The molecule has 0 saturated carbocycles. The molecule has 3 rings (SSSR count). The molecule has 124 valence electrons. The number of aromatic amines is 1. The van der Waals surface area contributed by atoms with Crippen LogP contribution in [0.5, 0.6) is 0 Å².